The minimum Gasteiger partial charge on any atom is -0.381 e. The molecule has 0 aromatic rings. The molecule has 18 heavy (non-hydrogen) atoms. The van der Waals surface area contributed by atoms with Gasteiger partial charge in [0, 0.05) is 32.2 Å². The summed E-state index contributed by atoms with van der Waals surface area (Å²) in [7, 11) is 1.96. The first-order valence-electron chi connectivity index (χ1n) is 7.28. The normalized spacial score (nSPS) is 30.1. The van der Waals surface area contributed by atoms with Crippen LogP contribution in [0.3, 0.4) is 0 Å². The number of nitrogens with zero attached hydrogens (tertiary/aromatic N) is 1. The van der Waals surface area contributed by atoms with Crippen LogP contribution in [0.5, 0.6) is 0 Å². The van der Waals surface area contributed by atoms with E-state index in [1.54, 1.807) is 0 Å². The van der Waals surface area contributed by atoms with E-state index in [0.29, 0.717) is 24.4 Å². The maximum absolute atomic E-state index is 12.6. The zero-order valence-corrected chi connectivity index (χ0v) is 11.4. The number of rotatable bonds is 3. The zero-order valence-electron chi connectivity index (χ0n) is 11.4. The molecular formula is C14H26N2O2. The third kappa shape index (κ3) is 3.04. The van der Waals surface area contributed by atoms with E-state index in [1.165, 1.54) is 12.8 Å². The molecule has 4 nitrogen and oxygen atoms in total. The van der Waals surface area contributed by atoms with Crippen LogP contribution in [0.25, 0.3) is 0 Å². The summed E-state index contributed by atoms with van der Waals surface area (Å²) in [6.45, 7) is 2.22. The molecule has 2 N–H and O–H groups in total. The van der Waals surface area contributed by atoms with Gasteiger partial charge >= 0.3 is 0 Å². The van der Waals surface area contributed by atoms with Crippen molar-refractivity contribution in [3.63, 3.8) is 0 Å². The van der Waals surface area contributed by atoms with Gasteiger partial charge < -0.3 is 15.4 Å². The molecule has 2 fully saturated rings. The Morgan fingerprint density at radius 1 is 1.22 bits per heavy atom. The van der Waals surface area contributed by atoms with Crippen molar-refractivity contribution in [3.05, 3.63) is 0 Å². The predicted octanol–water partition coefficient (Wildman–Crippen LogP) is 1.39. The van der Waals surface area contributed by atoms with Crippen molar-refractivity contribution in [1.82, 2.24) is 4.90 Å². The summed E-state index contributed by atoms with van der Waals surface area (Å²) < 4.78 is 5.36. The Kier molecular flexibility index (Phi) is 5.01. The zero-order chi connectivity index (χ0) is 13.0. The molecule has 0 spiro atoms. The van der Waals surface area contributed by atoms with E-state index in [1.807, 2.05) is 11.9 Å². The number of amides is 1. The van der Waals surface area contributed by atoms with Gasteiger partial charge in [0.25, 0.3) is 0 Å². The summed E-state index contributed by atoms with van der Waals surface area (Å²) in [6.07, 6.45) is 6.49. The van der Waals surface area contributed by atoms with E-state index in [9.17, 15) is 4.79 Å². The fourth-order valence-corrected chi connectivity index (χ4v) is 3.33. The highest BCUT2D eigenvalue weighted by Crippen LogP contribution is 2.31. The first-order chi connectivity index (χ1) is 8.74. The van der Waals surface area contributed by atoms with E-state index in [4.69, 9.17) is 10.5 Å². The smallest absolute Gasteiger partial charge is 0.226 e. The number of ether oxygens (including phenoxy) is 1. The molecule has 1 aliphatic heterocycles. The second-order valence-electron chi connectivity index (χ2n) is 5.68. The minimum absolute atomic E-state index is 0.164. The average Bonchev–Trinajstić information content (AvgIpc) is 2.46. The molecule has 0 bridgehead atoms. The van der Waals surface area contributed by atoms with Crippen LogP contribution in [-0.2, 0) is 9.53 Å². The van der Waals surface area contributed by atoms with Gasteiger partial charge in [-0.3, -0.25) is 4.79 Å². The van der Waals surface area contributed by atoms with E-state index in [-0.39, 0.29) is 5.92 Å². The summed E-state index contributed by atoms with van der Waals surface area (Å²) in [5, 5.41) is 0. The number of hydrogen-bond donors (Lipinski definition) is 1. The summed E-state index contributed by atoms with van der Waals surface area (Å²) in [5.41, 5.74) is 5.82. The van der Waals surface area contributed by atoms with Crippen LogP contribution >= 0.6 is 0 Å². The quantitative estimate of drug-likeness (QED) is 0.828. The minimum atomic E-state index is 0.164. The molecule has 1 saturated heterocycles. The van der Waals surface area contributed by atoms with Crippen molar-refractivity contribution in [3.8, 4) is 0 Å². The highest BCUT2D eigenvalue weighted by Gasteiger charge is 2.34. The van der Waals surface area contributed by atoms with Crippen molar-refractivity contribution in [2.75, 3.05) is 26.8 Å². The Bertz CT molecular complexity index is 277. The lowest BCUT2D eigenvalue weighted by Gasteiger charge is -2.37. The van der Waals surface area contributed by atoms with Gasteiger partial charge in [0.15, 0.2) is 0 Å². The first kappa shape index (κ1) is 13.8. The topological polar surface area (TPSA) is 55.6 Å². The molecular weight excluding hydrogens is 228 g/mol. The van der Waals surface area contributed by atoms with Gasteiger partial charge in [-0.15, -0.1) is 0 Å². The van der Waals surface area contributed by atoms with Crippen LogP contribution in [0.1, 0.15) is 38.5 Å². The van der Waals surface area contributed by atoms with E-state index >= 15 is 0 Å². The van der Waals surface area contributed by atoms with Crippen LogP contribution in [0.2, 0.25) is 0 Å². The third-order valence-corrected chi connectivity index (χ3v) is 4.62. The van der Waals surface area contributed by atoms with Crippen LogP contribution < -0.4 is 5.73 Å². The highest BCUT2D eigenvalue weighted by molar-refractivity contribution is 5.79. The summed E-state index contributed by atoms with van der Waals surface area (Å²) >= 11 is 0. The fourth-order valence-electron chi connectivity index (χ4n) is 3.33. The lowest BCUT2D eigenvalue weighted by Crippen LogP contribution is -2.46. The third-order valence-electron chi connectivity index (χ3n) is 4.62. The van der Waals surface area contributed by atoms with E-state index in [0.717, 1.165) is 38.9 Å². The number of carbonyl (C=O) groups excluding carboxylic acids is 1. The maximum Gasteiger partial charge on any atom is 0.226 e. The van der Waals surface area contributed by atoms with Crippen LogP contribution in [0.4, 0.5) is 0 Å². The van der Waals surface area contributed by atoms with E-state index in [2.05, 4.69) is 0 Å². The molecule has 1 amide bonds. The predicted molar refractivity (Wildman–Crippen MR) is 71.1 cm³/mol. The highest BCUT2D eigenvalue weighted by atomic mass is 16.5. The SMILES string of the molecule is CN(C(=O)C1CCCCC1CN)C1CCOCC1. The Labute approximate surface area is 110 Å². The van der Waals surface area contributed by atoms with Crippen LogP contribution in [0, 0.1) is 11.8 Å². The van der Waals surface area contributed by atoms with Gasteiger partial charge in [-0.2, -0.15) is 0 Å². The maximum atomic E-state index is 12.6. The molecule has 104 valence electrons. The standard InChI is InChI=1S/C14H26N2O2/c1-16(12-6-8-18-9-7-12)14(17)13-5-3-2-4-11(13)10-15/h11-13H,2-10,15H2,1H3. The summed E-state index contributed by atoms with van der Waals surface area (Å²) in [6, 6.07) is 0.367. The molecule has 0 aromatic carbocycles. The van der Waals surface area contributed by atoms with Gasteiger partial charge in [0.2, 0.25) is 5.91 Å². The molecule has 2 unspecified atom stereocenters. The second kappa shape index (κ2) is 6.53. The van der Waals surface area contributed by atoms with Crippen LogP contribution in [0.15, 0.2) is 0 Å². The lowest BCUT2D eigenvalue weighted by atomic mass is 9.78. The number of carbonyl (C=O) groups is 1. The molecule has 1 aliphatic carbocycles. The Morgan fingerprint density at radius 2 is 1.89 bits per heavy atom. The molecule has 0 radical (unpaired) electrons. The fraction of sp³-hybridized carbons (Fsp3) is 0.929. The molecule has 2 aliphatic rings. The monoisotopic (exact) mass is 254 g/mol. The summed E-state index contributed by atoms with van der Waals surface area (Å²) in [4.78, 5) is 14.6. The molecule has 4 heteroatoms. The van der Waals surface area contributed by atoms with Crippen molar-refractivity contribution >= 4 is 5.91 Å². The number of nitrogens with two attached hydrogens (primary N) is 1. The van der Waals surface area contributed by atoms with Crippen molar-refractivity contribution in [1.29, 1.82) is 0 Å². The Balaban J connectivity index is 1.95. The van der Waals surface area contributed by atoms with Crippen LogP contribution in [-0.4, -0.2) is 43.7 Å². The van der Waals surface area contributed by atoms with Gasteiger partial charge in [-0.25, -0.2) is 0 Å². The molecule has 2 rings (SSSR count). The van der Waals surface area contributed by atoms with Gasteiger partial charge in [0.05, 0.1) is 0 Å². The summed E-state index contributed by atoms with van der Waals surface area (Å²) in [5.74, 6) is 0.877. The second-order valence-corrected chi connectivity index (χ2v) is 5.68. The van der Waals surface area contributed by atoms with Gasteiger partial charge in [-0.05, 0) is 38.1 Å². The Hall–Kier alpha value is -0.610. The van der Waals surface area contributed by atoms with E-state index < -0.39 is 0 Å². The van der Waals surface area contributed by atoms with Crippen molar-refractivity contribution in [2.45, 2.75) is 44.6 Å². The average molecular weight is 254 g/mol. The van der Waals surface area contributed by atoms with Gasteiger partial charge in [0.1, 0.15) is 0 Å². The molecule has 0 aromatic heterocycles. The molecule has 1 heterocycles. The molecule has 2 atom stereocenters. The van der Waals surface area contributed by atoms with Crippen molar-refractivity contribution in [2.24, 2.45) is 17.6 Å². The lowest BCUT2D eigenvalue weighted by molar-refractivity contribution is -0.140. The largest absolute Gasteiger partial charge is 0.381 e. The first-order valence-corrected chi connectivity index (χ1v) is 7.28. The van der Waals surface area contributed by atoms with Gasteiger partial charge in [-0.1, -0.05) is 12.8 Å². The van der Waals surface area contributed by atoms with Crippen molar-refractivity contribution < 1.29 is 9.53 Å². The molecule has 1 saturated carbocycles. The number of hydrogen-bond acceptors (Lipinski definition) is 3. The Morgan fingerprint density at radius 3 is 2.56 bits per heavy atom.